The van der Waals surface area contributed by atoms with Crippen LogP contribution in [-0.2, 0) is 0 Å². The van der Waals surface area contributed by atoms with Crippen LogP contribution in [0.4, 0.5) is 5.69 Å². The first-order valence-electron chi connectivity index (χ1n) is 4.91. The van der Waals surface area contributed by atoms with Gasteiger partial charge in [0.2, 0.25) is 0 Å². The molecule has 15 heavy (non-hydrogen) atoms. The molecule has 82 valence electrons. The maximum Gasteiger partial charge on any atom is 0.162 e. The fourth-order valence-corrected chi connectivity index (χ4v) is 2.64. The number of benzene rings is 1. The van der Waals surface area contributed by atoms with Crippen molar-refractivity contribution in [1.82, 2.24) is 0 Å². The predicted molar refractivity (Wildman–Crippen MR) is 63.4 cm³/mol. The fourth-order valence-electron chi connectivity index (χ4n) is 1.61. The van der Waals surface area contributed by atoms with Crippen LogP contribution in [0.1, 0.15) is 6.92 Å². The molecule has 4 heteroatoms. The summed E-state index contributed by atoms with van der Waals surface area (Å²) >= 11 is 1.86. The van der Waals surface area contributed by atoms with E-state index in [-0.39, 0.29) is 0 Å². The highest BCUT2D eigenvalue weighted by molar-refractivity contribution is 8.00. The highest BCUT2D eigenvalue weighted by atomic mass is 32.2. The average molecular weight is 225 g/mol. The van der Waals surface area contributed by atoms with Crippen molar-refractivity contribution < 1.29 is 9.47 Å². The summed E-state index contributed by atoms with van der Waals surface area (Å²) in [6.07, 6.45) is 0. The molecule has 1 atom stereocenters. The van der Waals surface area contributed by atoms with Gasteiger partial charge in [0.1, 0.15) is 0 Å². The molecule has 1 aromatic rings. The molecule has 1 aliphatic heterocycles. The second-order valence-electron chi connectivity index (χ2n) is 3.51. The molecule has 0 saturated carbocycles. The van der Waals surface area contributed by atoms with E-state index in [1.165, 1.54) is 4.90 Å². The normalized spacial score (nSPS) is 19.0. The van der Waals surface area contributed by atoms with E-state index in [2.05, 4.69) is 12.2 Å². The van der Waals surface area contributed by atoms with Crippen LogP contribution in [0.2, 0.25) is 0 Å². The third kappa shape index (κ3) is 2.00. The molecule has 0 aliphatic carbocycles. The van der Waals surface area contributed by atoms with Gasteiger partial charge in [-0.05, 0) is 6.07 Å². The molecule has 2 rings (SSSR count). The standard InChI is InChI=1S/C11H15NO2S/c1-7-6-12-8-4-9(13-2)10(14-3)5-11(8)15-7/h4-5,7,12H,6H2,1-3H3. The van der Waals surface area contributed by atoms with Crippen LogP contribution in [0.5, 0.6) is 11.5 Å². The van der Waals surface area contributed by atoms with Crippen molar-refractivity contribution in [2.75, 3.05) is 26.1 Å². The van der Waals surface area contributed by atoms with Gasteiger partial charge in [0.05, 0.1) is 19.9 Å². The van der Waals surface area contributed by atoms with Gasteiger partial charge in [0, 0.05) is 22.8 Å². The molecule has 0 saturated heterocycles. The van der Waals surface area contributed by atoms with Crippen molar-refractivity contribution in [3.63, 3.8) is 0 Å². The summed E-state index contributed by atoms with van der Waals surface area (Å²) < 4.78 is 10.5. The average Bonchev–Trinajstić information content (AvgIpc) is 2.27. The van der Waals surface area contributed by atoms with E-state index in [1.54, 1.807) is 14.2 Å². The van der Waals surface area contributed by atoms with Gasteiger partial charge in [-0.3, -0.25) is 0 Å². The van der Waals surface area contributed by atoms with Crippen LogP contribution in [0.3, 0.4) is 0 Å². The molecule has 1 aromatic carbocycles. The van der Waals surface area contributed by atoms with E-state index >= 15 is 0 Å². The van der Waals surface area contributed by atoms with Gasteiger partial charge in [-0.25, -0.2) is 0 Å². The third-order valence-electron chi connectivity index (χ3n) is 2.39. The Morgan fingerprint density at radius 3 is 2.60 bits per heavy atom. The summed E-state index contributed by atoms with van der Waals surface area (Å²) in [6.45, 7) is 3.20. The summed E-state index contributed by atoms with van der Waals surface area (Å²) in [4.78, 5) is 1.23. The van der Waals surface area contributed by atoms with Crippen molar-refractivity contribution in [1.29, 1.82) is 0 Å². The van der Waals surface area contributed by atoms with E-state index in [1.807, 2.05) is 23.9 Å². The van der Waals surface area contributed by atoms with Gasteiger partial charge in [0.15, 0.2) is 11.5 Å². The van der Waals surface area contributed by atoms with Crippen LogP contribution in [0.25, 0.3) is 0 Å². The van der Waals surface area contributed by atoms with Crippen LogP contribution < -0.4 is 14.8 Å². The van der Waals surface area contributed by atoms with Crippen molar-refractivity contribution in [2.45, 2.75) is 17.1 Å². The quantitative estimate of drug-likeness (QED) is 0.838. The van der Waals surface area contributed by atoms with E-state index in [0.717, 1.165) is 23.7 Å². The first-order chi connectivity index (χ1) is 7.24. The van der Waals surface area contributed by atoms with Crippen LogP contribution in [0, 0.1) is 0 Å². The second-order valence-corrected chi connectivity index (χ2v) is 4.99. The molecule has 1 aliphatic rings. The number of hydrogen-bond donors (Lipinski definition) is 1. The lowest BCUT2D eigenvalue weighted by Gasteiger charge is -2.24. The minimum absolute atomic E-state index is 0.593. The topological polar surface area (TPSA) is 30.5 Å². The summed E-state index contributed by atoms with van der Waals surface area (Å²) in [7, 11) is 3.32. The van der Waals surface area contributed by atoms with E-state index in [0.29, 0.717) is 5.25 Å². The fraction of sp³-hybridized carbons (Fsp3) is 0.455. The molecule has 1 heterocycles. The van der Waals surface area contributed by atoms with Crippen LogP contribution in [0.15, 0.2) is 17.0 Å². The largest absolute Gasteiger partial charge is 0.493 e. The number of nitrogens with one attached hydrogen (secondary N) is 1. The number of fused-ring (bicyclic) bond motifs is 1. The molecule has 0 radical (unpaired) electrons. The molecular formula is C11H15NO2S. The molecule has 0 aromatic heterocycles. The zero-order valence-corrected chi connectivity index (χ0v) is 9.98. The van der Waals surface area contributed by atoms with Gasteiger partial charge in [-0.1, -0.05) is 6.92 Å². The Kier molecular flexibility index (Phi) is 2.95. The highest BCUT2D eigenvalue weighted by Crippen LogP contribution is 2.41. The molecule has 0 bridgehead atoms. The Labute approximate surface area is 94.2 Å². The zero-order chi connectivity index (χ0) is 10.8. The Bertz CT molecular complexity index is 368. The van der Waals surface area contributed by atoms with E-state index < -0.39 is 0 Å². The Hall–Kier alpha value is -1.03. The number of rotatable bonds is 2. The second kappa shape index (κ2) is 4.23. The monoisotopic (exact) mass is 225 g/mol. The van der Waals surface area contributed by atoms with Gasteiger partial charge in [0.25, 0.3) is 0 Å². The Morgan fingerprint density at radius 1 is 1.27 bits per heavy atom. The van der Waals surface area contributed by atoms with Crippen LogP contribution in [-0.4, -0.2) is 26.0 Å². The molecule has 0 fully saturated rings. The zero-order valence-electron chi connectivity index (χ0n) is 9.16. The van der Waals surface area contributed by atoms with Crippen LogP contribution >= 0.6 is 11.8 Å². The number of methoxy groups -OCH3 is 2. The number of ether oxygens (including phenoxy) is 2. The molecule has 1 unspecified atom stereocenters. The lowest BCUT2D eigenvalue weighted by atomic mass is 10.2. The number of thioether (sulfide) groups is 1. The Morgan fingerprint density at radius 2 is 1.93 bits per heavy atom. The minimum Gasteiger partial charge on any atom is -0.493 e. The van der Waals surface area contributed by atoms with Crippen molar-refractivity contribution in [3.8, 4) is 11.5 Å². The van der Waals surface area contributed by atoms with Gasteiger partial charge in [-0.2, -0.15) is 0 Å². The summed E-state index contributed by atoms with van der Waals surface area (Å²) in [5.41, 5.74) is 1.13. The van der Waals surface area contributed by atoms with Gasteiger partial charge >= 0.3 is 0 Å². The summed E-state index contributed by atoms with van der Waals surface area (Å²) in [5.74, 6) is 1.57. The smallest absolute Gasteiger partial charge is 0.162 e. The predicted octanol–water partition coefficient (Wildman–Crippen LogP) is 2.61. The third-order valence-corrected chi connectivity index (χ3v) is 3.55. The maximum atomic E-state index is 5.27. The Balaban J connectivity index is 2.41. The molecular weight excluding hydrogens is 210 g/mol. The lowest BCUT2D eigenvalue weighted by molar-refractivity contribution is 0.354. The first kappa shape index (κ1) is 10.5. The van der Waals surface area contributed by atoms with Gasteiger partial charge in [-0.15, -0.1) is 11.8 Å². The minimum atomic E-state index is 0.593. The highest BCUT2D eigenvalue weighted by Gasteiger charge is 2.18. The molecule has 0 amide bonds. The van der Waals surface area contributed by atoms with Gasteiger partial charge < -0.3 is 14.8 Å². The lowest BCUT2D eigenvalue weighted by Crippen LogP contribution is -2.18. The van der Waals surface area contributed by atoms with Crippen molar-refractivity contribution in [3.05, 3.63) is 12.1 Å². The molecule has 1 N–H and O–H groups in total. The van der Waals surface area contributed by atoms with Crippen molar-refractivity contribution >= 4 is 17.4 Å². The first-order valence-corrected chi connectivity index (χ1v) is 5.79. The maximum absolute atomic E-state index is 5.27. The summed E-state index contributed by atoms with van der Waals surface area (Å²) in [6, 6.07) is 4.02. The van der Waals surface area contributed by atoms with E-state index in [4.69, 9.17) is 9.47 Å². The SMILES string of the molecule is COc1cc2c(cc1OC)SC(C)CN2. The molecule has 3 nitrogen and oxygen atoms in total. The number of hydrogen-bond acceptors (Lipinski definition) is 4. The van der Waals surface area contributed by atoms with Crippen molar-refractivity contribution in [2.24, 2.45) is 0 Å². The van der Waals surface area contributed by atoms with E-state index in [9.17, 15) is 0 Å². The number of anilines is 1. The molecule has 0 spiro atoms. The summed E-state index contributed by atoms with van der Waals surface area (Å²) in [5, 5.41) is 3.98.